The molecule has 0 heterocycles. The molecule has 0 aliphatic rings. The molecule has 1 unspecified atom stereocenters. The highest BCUT2D eigenvalue weighted by atomic mass is 32.2. The van der Waals surface area contributed by atoms with Crippen molar-refractivity contribution < 1.29 is 8.42 Å². The molecule has 0 aliphatic heterocycles. The van der Waals surface area contributed by atoms with Crippen molar-refractivity contribution in [2.24, 2.45) is 11.1 Å². The van der Waals surface area contributed by atoms with Gasteiger partial charge in [-0.3, -0.25) is 0 Å². The largest absolute Gasteiger partial charge is 0.399 e. The zero-order valence-electron chi connectivity index (χ0n) is 11.2. The van der Waals surface area contributed by atoms with Crippen molar-refractivity contribution in [2.75, 3.05) is 11.1 Å². The van der Waals surface area contributed by atoms with Crippen molar-refractivity contribution >= 4 is 21.4 Å². The molecule has 0 fully saturated rings. The number of nitrogens with one attached hydrogen (secondary N) is 1. The van der Waals surface area contributed by atoms with Crippen LogP contribution < -0.4 is 16.2 Å². The van der Waals surface area contributed by atoms with Gasteiger partial charge in [-0.1, -0.05) is 13.8 Å². The fourth-order valence-corrected chi connectivity index (χ4v) is 2.40. The number of nitrogen functional groups attached to an aromatic ring is 1. The Morgan fingerprint density at radius 1 is 1.22 bits per heavy atom. The van der Waals surface area contributed by atoms with Gasteiger partial charge in [0, 0.05) is 17.4 Å². The van der Waals surface area contributed by atoms with Gasteiger partial charge in [0.2, 0.25) is 10.0 Å². The van der Waals surface area contributed by atoms with E-state index in [0.717, 1.165) is 0 Å². The first-order valence-corrected chi connectivity index (χ1v) is 7.37. The number of sulfonamides is 1. The zero-order valence-corrected chi connectivity index (χ0v) is 12.0. The molecule has 1 aromatic rings. The van der Waals surface area contributed by atoms with E-state index in [-0.39, 0.29) is 10.9 Å². The monoisotopic (exact) mass is 271 g/mol. The second-order valence-electron chi connectivity index (χ2n) is 4.91. The normalized spacial score (nSPS) is 13.7. The number of hydrogen-bond acceptors (Lipinski definition) is 4. The van der Waals surface area contributed by atoms with Gasteiger partial charge in [0.25, 0.3) is 0 Å². The minimum atomic E-state index is -3.75. The second kappa shape index (κ2) is 5.16. The summed E-state index contributed by atoms with van der Waals surface area (Å²) in [6.45, 7) is 7.91. The average molecular weight is 271 g/mol. The summed E-state index contributed by atoms with van der Waals surface area (Å²) < 4.78 is 22.9. The summed E-state index contributed by atoms with van der Waals surface area (Å²) in [7, 11) is -3.75. The van der Waals surface area contributed by atoms with Gasteiger partial charge in [0.15, 0.2) is 0 Å². The third kappa shape index (κ3) is 3.36. The molecule has 0 radical (unpaired) electrons. The molecule has 0 spiro atoms. The minimum absolute atomic E-state index is 0.0703. The average Bonchev–Trinajstić information content (AvgIpc) is 2.21. The van der Waals surface area contributed by atoms with Gasteiger partial charge in [-0.15, -0.1) is 0 Å². The van der Waals surface area contributed by atoms with Crippen LogP contribution in [0.15, 0.2) is 17.0 Å². The maximum atomic E-state index is 11.5. The highest BCUT2D eigenvalue weighted by molar-refractivity contribution is 7.89. The van der Waals surface area contributed by atoms with Crippen LogP contribution in [0.3, 0.4) is 0 Å². The van der Waals surface area contributed by atoms with E-state index in [1.807, 2.05) is 6.92 Å². The van der Waals surface area contributed by atoms with Crippen LogP contribution >= 0.6 is 0 Å². The number of hydrogen-bond donors (Lipinski definition) is 3. The first kappa shape index (κ1) is 14.8. The summed E-state index contributed by atoms with van der Waals surface area (Å²) in [5.74, 6) is 0.420. The van der Waals surface area contributed by atoms with Crippen molar-refractivity contribution in [2.45, 2.75) is 38.6 Å². The molecular weight excluding hydrogens is 250 g/mol. The number of nitrogens with two attached hydrogens (primary N) is 2. The number of rotatable bonds is 4. The summed E-state index contributed by atoms with van der Waals surface area (Å²) in [6, 6.07) is 3.32. The molecule has 1 atom stereocenters. The Morgan fingerprint density at radius 3 is 2.22 bits per heavy atom. The Morgan fingerprint density at radius 2 is 1.78 bits per heavy atom. The van der Waals surface area contributed by atoms with Crippen molar-refractivity contribution in [3.8, 4) is 0 Å². The van der Waals surface area contributed by atoms with E-state index >= 15 is 0 Å². The molecule has 0 bridgehead atoms. The number of anilines is 2. The van der Waals surface area contributed by atoms with Crippen LogP contribution in [0.5, 0.6) is 0 Å². The van der Waals surface area contributed by atoms with E-state index in [1.165, 1.54) is 6.07 Å². The molecule has 5 nitrogen and oxygen atoms in total. The lowest BCUT2D eigenvalue weighted by Gasteiger charge is -2.21. The van der Waals surface area contributed by atoms with Crippen molar-refractivity contribution in [1.82, 2.24) is 0 Å². The lowest BCUT2D eigenvalue weighted by atomic mass is 10.1. The topological polar surface area (TPSA) is 98.2 Å². The minimum Gasteiger partial charge on any atom is -0.399 e. The third-order valence-corrected chi connectivity index (χ3v) is 4.11. The van der Waals surface area contributed by atoms with Crippen molar-refractivity contribution in [3.05, 3.63) is 17.7 Å². The molecule has 1 aromatic carbocycles. The maximum Gasteiger partial charge on any atom is 0.238 e. The first-order valence-electron chi connectivity index (χ1n) is 5.82. The molecule has 5 N–H and O–H groups in total. The Bertz CT molecular complexity index is 538. The van der Waals surface area contributed by atoms with Gasteiger partial charge >= 0.3 is 0 Å². The van der Waals surface area contributed by atoms with E-state index in [4.69, 9.17) is 10.9 Å². The van der Waals surface area contributed by atoms with Gasteiger partial charge in [0.05, 0.1) is 4.90 Å². The van der Waals surface area contributed by atoms with E-state index in [9.17, 15) is 8.42 Å². The summed E-state index contributed by atoms with van der Waals surface area (Å²) in [4.78, 5) is 0.0703. The lowest BCUT2D eigenvalue weighted by Crippen LogP contribution is -2.23. The van der Waals surface area contributed by atoms with Gasteiger partial charge in [-0.2, -0.15) is 0 Å². The maximum absolute atomic E-state index is 11.5. The smallest absolute Gasteiger partial charge is 0.238 e. The van der Waals surface area contributed by atoms with Crippen molar-refractivity contribution in [1.29, 1.82) is 0 Å². The SMILES string of the molecule is Cc1c(NC(C)C(C)C)cc(N)cc1S(N)(=O)=O. The summed E-state index contributed by atoms with van der Waals surface area (Å²) in [5.41, 5.74) is 7.40. The van der Waals surface area contributed by atoms with Crippen LogP contribution in [0.25, 0.3) is 0 Å². The summed E-state index contributed by atoms with van der Waals surface area (Å²) in [5, 5.41) is 8.44. The van der Waals surface area contributed by atoms with E-state index < -0.39 is 10.0 Å². The van der Waals surface area contributed by atoms with Gasteiger partial charge in [-0.25, -0.2) is 13.6 Å². The third-order valence-electron chi connectivity index (χ3n) is 3.07. The zero-order chi connectivity index (χ0) is 14.1. The molecule has 6 heteroatoms. The molecular formula is C12H21N3O2S. The molecule has 0 saturated heterocycles. The predicted octanol–water partition coefficient (Wildman–Crippen LogP) is 1.68. The lowest BCUT2D eigenvalue weighted by molar-refractivity contribution is 0.559. The molecule has 0 aliphatic carbocycles. The Hall–Kier alpha value is -1.27. The van der Waals surface area contributed by atoms with E-state index in [1.54, 1.807) is 13.0 Å². The second-order valence-corrected chi connectivity index (χ2v) is 6.44. The Labute approximate surface area is 109 Å². The fourth-order valence-electron chi connectivity index (χ4n) is 1.57. The Balaban J connectivity index is 3.26. The van der Waals surface area contributed by atoms with E-state index in [2.05, 4.69) is 19.2 Å². The summed E-state index contributed by atoms with van der Waals surface area (Å²) in [6.07, 6.45) is 0. The van der Waals surface area contributed by atoms with Gasteiger partial charge in [0.1, 0.15) is 0 Å². The number of benzene rings is 1. The Kier molecular flexibility index (Phi) is 4.24. The predicted molar refractivity (Wildman–Crippen MR) is 74.9 cm³/mol. The fraction of sp³-hybridized carbons (Fsp3) is 0.500. The standard InChI is InChI=1S/C12H21N3O2S/c1-7(2)9(4)15-11-5-10(13)6-12(8(11)3)18(14,16)17/h5-7,9,15H,13H2,1-4H3,(H2,14,16,17). The number of primary sulfonamides is 1. The molecule has 18 heavy (non-hydrogen) atoms. The molecule has 0 amide bonds. The molecule has 0 aromatic heterocycles. The van der Waals surface area contributed by atoms with Crippen LogP contribution in [0.1, 0.15) is 26.3 Å². The molecule has 1 rings (SSSR count). The quantitative estimate of drug-likeness (QED) is 0.726. The van der Waals surface area contributed by atoms with Crippen LogP contribution in [-0.4, -0.2) is 14.5 Å². The molecule has 102 valence electrons. The van der Waals surface area contributed by atoms with Gasteiger partial charge < -0.3 is 11.1 Å². The van der Waals surface area contributed by atoms with Crippen LogP contribution in [0.4, 0.5) is 11.4 Å². The molecule has 0 saturated carbocycles. The van der Waals surface area contributed by atoms with Crippen LogP contribution in [0.2, 0.25) is 0 Å². The van der Waals surface area contributed by atoms with Gasteiger partial charge in [-0.05, 0) is 37.5 Å². The van der Waals surface area contributed by atoms with Crippen LogP contribution in [-0.2, 0) is 10.0 Å². The van der Waals surface area contributed by atoms with E-state index in [0.29, 0.717) is 22.9 Å². The highest BCUT2D eigenvalue weighted by Crippen LogP contribution is 2.27. The first-order chi connectivity index (χ1) is 8.12. The van der Waals surface area contributed by atoms with Crippen molar-refractivity contribution in [3.63, 3.8) is 0 Å². The highest BCUT2D eigenvalue weighted by Gasteiger charge is 2.17. The van der Waals surface area contributed by atoms with Crippen LogP contribution in [0, 0.1) is 12.8 Å². The summed E-state index contributed by atoms with van der Waals surface area (Å²) >= 11 is 0.